The molecule has 0 radical (unpaired) electrons. The summed E-state index contributed by atoms with van der Waals surface area (Å²) in [4.78, 5) is 3.75. The fraction of sp³-hybridized carbons (Fsp3) is 0.125. The molecule has 2 rings (SSSR count). The summed E-state index contributed by atoms with van der Waals surface area (Å²) in [7, 11) is -2.08. The molecule has 0 atom stereocenters. The molecule has 1 N–H and O–H groups in total. The van der Waals surface area contributed by atoms with Gasteiger partial charge in [0.25, 0.3) is 10.0 Å². The van der Waals surface area contributed by atoms with Crippen LogP contribution >= 0.6 is 22.9 Å². The average molecular weight is 278 g/mol. The van der Waals surface area contributed by atoms with Gasteiger partial charge in [-0.15, -0.1) is 0 Å². The molecule has 0 amide bonds. The number of halogens is 1. The first-order chi connectivity index (χ1) is 7.50. The molecule has 16 heavy (non-hydrogen) atoms. The number of sulfonamides is 1. The number of hydrogen-bond donors (Lipinski definition) is 1. The van der Waals surface area contributed by atoms with Crippen molar-refractivity contribution in [1.29, 1.82) is 0 Å². The van der Waals surface area contributed by atoms with Crippen LogP contribution in [0.3, 0.4) is 0 Å². The standard InChI is InChI=1S/C8H8ClN3O2S2/c1-12-5-10-8(7(12)9)16(13,14)11-6-2-3-15-4-6/h2-5,11H,1H3. The van der Waals surface area contributed by atoms with Crippen molar-refractivity contribution in [2.24, 2.45) is 7.05 Å². The lowest BCUT2D eigenvalue weighted by Crippen LogP contribution is -2.13. The second-order valence-corrected chi connectivity index (χ2v) is 5.80. The third kappa shape index (κ3) is 2.06. The van der Waals surface area contributed by atoms with E-state index in [1.54, 1.807) is 23.9 Å². The van der Waals surface area contributed by atoms with Gasteiger partial charge in [0.2, 0.25) is 5.03 Å². The molecule has 0 aromatic carbocycles. The Kier molecular flexibility index (Phi) is 2.92. The van der Waals surface area contributed by atoms with Crippen LogP contribution in [-0.4, -0.2) is 18.0 Å². The van der Waals surface area contributed by atoms with Crippen molar-refractivity contribution in [1.82, 2.24) is 9.55 Å². The van der Waals surface area contributed by atoms with E-state index in [9.17, 15) is 8.42 Å². The minimum atomic E-state index is -3.70. The molecule has 0 saturated heterocycles. The number of aryl methyl sites for hydroxylation is 1. The molecule has 0 saturated carbocycles. The van der Waals surface area contributed by atoms with Crippen molar-refractivity contribution in [2.45, 2.75) is 5.03 Å². The summed E-state index contributed by atoms with van der Waals surface area (Å²) >= 11 is 7.22. The number of nitrogens with one attached hydrogen (secondary N) is 1. The normalized spacial score (nSPS) is 11.6. The van der Waals surface area contributed by atoms with Gasteiger partial charge < -0.3 is 4.57 Å². The number of aromatic nitrogens is 2. The molecule has 86 valence electrons. The van der Waals surface area contributed by atoms with Crippen LogP contribution in [0, 0.1) is 0 Å². The van der Waals surface area contributed by atoms with E-state index in [4.69, 9.17) is 11.6 Å². The van der Waals surface area contributed by atoms with Crippen LogP contribution in [0.2, 0.25) is 5.15 Å². The van der Waals surface area contributed by atoms with Crippen LogP contribution in [0.25, 0.3) is 0 Å². The molecular weight excluding hydrogens is 270 g/mol. The maximum Gasteiger partial charge on any atom is 0.282 e. The quantitative estimate of drug-likeness (QED) is 0.932. The number of thiophene rings is 1. The molecule has 0 fully saturated rings. The largest absolute Gasteiger partial charge is 0.324 e. The number of rotatable bonds is 3. The summed E-state index contributed by atoms with van der Waals surface area (Å²) in [6.07, 6.45) is 1.35. The highest BCUT2D eigenvalue weighted by Crippen LogP contribution is 2.22. The zero-order valence-electron chi connectivity index (χ0n) is 8.21. The molecule has 0 aliphatic rings. The molecule has 0 spiro atoms. The summed E-state index contributed by atoms with van der Waals surface area (Å²) < 4.78 is 27.6. The fourth-order valence-electron chi connectivity index (χ4n) is 1.10. The van der Waals surface area contributed by atoms with Crippen molar-refractivity contribution >= 4 is 38.6 Å². The van der Waals surface area contributed by atoms with E-state index in [-0.39, 0.29) is 10.2 Å². The SMILES string of the molecule is Cn1cnc(S(=O)(=O)Nc2ccsc2)c1Cl. The number of nitrogens with zero attached hydrogens (tertiary/aromatic N) is 2. The highest BCUT2D eigenvalue weighted by Gasteiger charge is 2.22. The van der Waals surface area contributed by atoms with Crippen LogP contribution in [0.1, 0.15) is 0 Å². The predicted molar refractivity (Wildman–Crippen MR) is 63.3 cm³/mol. The summed E-state index contributed by atoms with van der Waals surface area (Å²) in [5.41, 5.74) is 0.506. The predicted octanol–water partition coefficient (Wildman–Crippen LogP) is 1.94. The van der Waals surface area contributed by atoms with E-state index in [0.717, 1.165) is 0 Å². The van der Waals surface area contributed by atoms with Crippen LogP contribution in [0.4, 0.5) is 5.69 Å². The van der Waals surface area contributed by atoms with Gasteiger partial charge in [0.1, 0.15) is 5.15 Å². The van der Waals surface area contributed by atoms with Gasteiger partial charge in [-0.05, 0) is 11.4 Å². The maximum atomic E-state index is 11.9. The zero-order chi connectivity index (χ0) is 11.8. The van der Waals surface area contributed by atoms with Crippen molar-refractivity contribution in [3.63, 3.8) is 0 Å². The van der Waals surface area contributed by atoms with Gasteiger partial charge in [-0.1, -0.05) is 11.6 Å². The van der Waals surface area contributed by atoms with Crippen LogP contribution in [-0.2, 0) is 17.1 Å². The Hall–Kier alpha value is -1.05. The number of anilines is 1. The van der Waals surface area contributed by atoms with Crippen molar-refractivity contribution in [2.75, 3.05) is 4.72 Å². The molecule has 0 unspecified atom stereocenters. The molecule has 0 aliphatic heterocycles. The van der Waals surface area contributed by atoms with Crippen molar-refractivity contribution < 1.29 is 8.42 Å². The van der Waals surface area contributed by atoms with Crippen molar-refractivity contribution in [3.8, 4) is 0 Å². The highest BCUT2D eigenvalue weighted by atomic mass is 35.5. The molecule has 2 heterocycles. The van der Waals surface area contributed by atoms with Crippen LogP contribution < -0.4 is 4.72 Å². The van der Waals surface area contributed by atoms with E-state index >= 15 is 0 Å². The number of hydrogen-bond acceptors (Lipinski definition) is 4. The Morgan fingerprint density at radius 1 is 1.56 bits per heavy atom. The lowest BCUT2D eigenvalue weighted by Gasteiger charge is -2.03. The molecule has 0 bridgehead atoms. The third-order valence-electron chi connectivity index (χ3n) is 1.86. The Bertz CT molecular complexity index is 589. The van der Waals surface area contributed by atoms with Gasteiger partial charge in [0.15, 0.2) is 0 Å². The van der Waals surface area contributed by atoms with Crippen LogP contribution in [0.5, 0.6) is 0 Å². The fourth-order valence-corrected chi connectivity index (χ4v) is 3.25. The topological polar surface area (TPSA) is 64.0 Å². The van der Waals surface area contributed by atoms with Crippen molar-refractivity contribution in [3.05, 3.63) is 28.3 Å². The first kappa shape index (κ1) is 11.4. The van der Waals surface area contributed by atoms with E-state index in [0.29, 0.717) is 5.69 Å². The molecule has 0 aliphatic carbocycles. The van der Waals surface area contributed by atoms with E-state index in [1.807, 2.05) is 0 Å². The Morgan fingerprint density at radius 3 is 2.81 bits per heavy atom. The minimum absolute atomic E-state index is 0.0859. The monoisotopic (exact) mass is 277 g/mol. The Balaban J connectivity index is 2.36. The maximum absolute atomic E-state index is 11.9. The van der Waals surface area contributed by atoms with Crippen LogP contribution in [0.15, 0.2) is 28.2 Å². The molecular formula is C8H8ClN3O2S2. The average Bonchev–Trinajstić information content (AvgIpc) is 2.78. The number of imidazole rings is 1. The van der Waals surface area contributed by atoms with E-state index < -0.39 is 10.0 Å². The summed E-state index contributed by atoms with van der Waals surface area (Å²) in [6.45, 7) is 0. The Morgan fingerprint density at radius 2 is 2.31 bits per heavy atom. The lowest BCUT2D eigenvalue weighted by atomic mass is 10.6. The van der Waals surface area contributed by atoms with Gasteiger partial charge in [0.05, 0.1) is 12.0 Å². The third-order valence-corrected chi connectivity index (χ3v) is 4.42. The van der Waals surface area contributed by atoms with Gasteiger partial charge >= 0.3 is 0 Å². The second-order valence-electron chi connectivity index (χ2n) is 3.07. The van der Waals surface area contributed by atoms with E-state index in [1.165, 1.54) is 22.2 Å². The zero-order valence-corrected chi connectivity index (χ0v) is 10.6. The van der Waals surface area contributed by atoms with Gasteiger partial charge in [-0.3, -0.25) is 4.72 Å². The summed E-state index contributed by atoms with van der Waals surface area (Å²) in [5, 5.41) is 3.39. The summed E-state index contributed by atoms with van der Waals surface area (Å²) in [6, 6.07) is 1.67. The van der Waals surface area contributed by atoms with Gasteiger partial charge in [0, 0.05) is 12.4 Å². The molecule has 2 aromatic rings. The van der Waals surface area contributed by atoms with Gasteiger partial charge in [-0.25, -0.2) is 4.98 Å². The van der Waals surface area contributed by atoms with Gasteiger partial charge in [-0.2, -0.15) is 19.8 Å². The molecule has 5 nitrogen and oxygen atoms in total. The lowest BCUT2D eigenvalue weighted by molar-refractivity contribution is 0.598. The molecule has 2 aromatic heterocycles. The highest BCUT2D eigenvalue weighted by molar-refractivity contribution is 7.92. The first-order valence-corrected chi connectivity index (χ1v) is 7.03. The smallest absolute Gasteiger partial charge is 0.282 e. The second kappa shape index (κ2) is 4.08. The molecule has 8 heteroatoms. The minimum Gasteiger partial charge on any atom is -0.324 e. The Labute approximate surface area is 102 Å². The summed E-state index contributed by atoms with van der Waals surface area (Å²) in [5.74, 6) is 0. The first-order valence-electron chi connectivity index (χ1n) is 4.22. The van der Waals surface area contributed by atoms with E-state index in [2.05, 4.69) is 9.71 Å².